The summed E-state index contributed by atoms with van der Waals surface area (Å²) < 4.78 is 11.9. The van der Waals surface area contributed by atoms with Crippen LogP contribution in [0.25, 0.3) is 0 Å². The van der Waals surface area contributed by atoms with Gasteiger partial charge in [-0.15, -0.1) is 6.58 Å². The fraction of sp³-hybridized carbons (Fsp3) is 0.895. The number of allylic oxidation sites excluding steroid dienone is 1. The fourth-order valence-corrected chi connectivity index (χ4v) is 2.67. The molecule has 0 amide bonds. The van der Waals surface area contributed by atoms with Gasteiger partial charge in [-0.05, 0) is 31.1 Å². The van der Waals surface area contributed by atoms with Crippen LogP contribution in [0.15, 0.2) is 12.7 Å². The Hall–Kier alpha value is -0.340. The van der Waals surface area contributed by atoms with Gasteiger partial charge in [0.15, 0.2) is 0 Å². The van der Waals surface area contributed by atoms with E-state index in [4.69, 9.17) is 9.47 Å². The highest BCUT2D eigenvalue weighted by Crippen LogP contribution is 2.24. The lowest BCUT2D eigenvalue weighted by Crippen LogP contribution is -2.30. The molecule has 0 aromatic carbocycles. The van der Waals surface area contributed by atoms with Crippen LogP contribution >= 0.6 is 0 Å². The lowest BCUT2D eigenvalue weighted by Gasteiger charge is -2.29. The topological polar surface area (TPSA) is 18.5 Å². The Labute approximate surface area is 133 Å². The van der Waals surface area contributed by atoms with Crippen LogP contribution in [0.5, 0.6) is 0 Å². The smallest absolute Gasteiger partial charge is 0.0544 e. The molecule has 0 N–H and O–H groups in total. The van der Waals surface area contributed by atoms with Crippen molar-refractivity contribution in [2.24, 2.45) is 17.3 Å². The van der Waals surface area contributed by atoms with Crippen LogP contribution in [0, 0.1) is 17.3 Å². The SMILES string of the molecule is C=CCC(C)(COCC(C)CCC)COCC(C)CCC. The zero-order chi connectivity index (χ0) is 16.1. The van der Waals surface area contributed by atoms with Crippen LogP contribution in [-0.2, 0) is 9.47 Å². The number of hydrogen-bond acceptors (Lipinski definition) is 2. The number of hydrogen-bond donors (Lipinski definition) is 0. The molecule has 2 unspecified atom stereocenters. The van der Waals surface area contributed by atoms with Crippen molar-refractivity contribution < 1.29 is 9.47 Å². The zero-order valence-electron chi connectivity index (χ0n) is 15.1. The molecule has 0 bridgehead atoms. The van der Waals surface area contributed by atoms with Crippen molar-refractivity contribution in [1.82, 2.24) is 0 Å². The lowest BCUT2D eigenvalue weighted by atomic mass is 9.88. The molecule has 126 valence electrons. The average molecular weight is 299 g/mol. The first-order valence-electron chi connectivity index (χ1n) is 8.73. The van der Waals surface area contributed by atoms with Gasteiger partial charge in [0.25, 0.3) is 0 Å². The normalized spacial score (nSPS) is 17.2. The first-order chi connectivity index (χ1) is 9.97. The maximum absolute atomic E-state index is 5.94. The minimum atomic E-state index is 0.0552. The maximum atomic E-state index is 5.94. The predicted octanol–water partition coefficient (Wildman–Crippen LogP) is 5.47. The molecule has 0 spiro atoms. The van der Waals surface area contributed by atoms with E-state index >= 15 is 0 Å². The van der Waals surface area contributed by atoms with Gasteiger partial charge in [0, 0.05) is 18.6 Å². The van der Waals surface area contributed by atoms with Gasteiger partial charge in [0.2, 0.25) is 0 Å². The third-order valence-corrected chi connectivity index (χ3v) is 3.91. The molecule has 0 saturated carbocycles. The van der Waals surface area contributed by atoms with E-state index in [2.05, 4.69) is 41.2 Å². The first kappa shape index (κ1) is 20.7. The second-order valence-corrected chi connectivity index (χ2v) is 7.12. The Morgan fingerprint density at radius 3 is 1.71 bits per heavy atom. The van der Waals surface area contributed by atoms with E-state index in [1.165, 1.54) is 25.7 Å². The molecule has 0 aliphatic carbocycles. The van der Waals surface area contributed by atoms with Crippen LogP contribution in [0.1, 0.15) is 66.7 Å². The van der Waals surface area contributed by atoms with E-state index in [0.717, 1.165) is 32.8 Å². The van der Waals surface area contributed by atoms with Crippen molar-refractivity contribution in [3.8, 4) is 0 Å². The van der Waals surface area contributed by atoms with Crippen LogP contribution in [0.3, 0.4) is 0 Å². The summed E-state index contributed by atoms with van der Waals surface area (Å²) in [6.45, 7) is 18.3. The van der Waals surface area contributed by atoms with Crippen LogP contribution < -0.4 is 0 Å². The molecule has 2 nitrogen and oxygen atoms in total. The molecule has 0 rings (SSSR count). The predicted molar refractivity (Wildman–Crippen MR) is 92.7 cm³/mol. The van der Waals surface area contributed by atoms with Crippen LogP contribution in [0.4, 0.5) is 0 Å². The number of rotatable bonds is 14. The second kappa shape index (κ2) is 12.2. The van der Waals surface area contributed by atoms with Gasteiger partial charge < -0.3 is 9.47 Å². The van der Waals surface area contributed by atoms with Gasteiger partial charge >= 0.3 is 0 Å². The Kier molecular flexibility index (Phi) is 12.0. The lowest BCUT2D eigenvalue weighted by molar-refractivity contribution is -0.0268. The highest BCUT2D eigenvalue weighted by Gasteiger charge is 2.24. The summed E-state index contributed by atoms with van der Waals surface area (Å²) in [5.74, 6) is 1.29. The van der Waals surface area contributed by atoms with Crippen molar-refractivity contribution in [2.45, 2.75) is 66.7 Å². The molecule has 2 atom stereocenters. The van der Waals surface area contributed by atoms with Crippen molar-refractivity contribution in [3.05, 3.63) is 12.7 Å². The highest BCUT2D eigenvalue weighted by molar-refractivity contribution is 4.83. The summed E-state index contributed by atoms with van der Waals surface area (Å²) >= 11 is 0. The van der Waals surface area contributed by atoms with Crippen molar-refractivity contribution in [1.29, 1.82) is 0 Å². The standard InChI is InChI=1S/C19H38O2/c1-7-10-17(4)13-20-15-19(6,12-9-3)16-21-14-18(5)11-8-2/h9,17-18H,3,7-8,10-16H2,1-2,4-6H3. The minimum absolute atomic E-state index is 0.0552. The minimum Gasteiger partial charge on any atom is -0.381 e. The monoisotopic (exact) mass is 298 g/mol. The third kappa shape index (κ3) is 11.0. The fourth-order valence-electron chi connectivity index (χ4n) is 2.67. The van der Waals surface area contributed by atoms with E-state index in [0.29, 0.717) is 11.8 Å². The number of ether oxygens (including phenoxy) is 2. The second-order valence-electron chi connectivity index (χ2n) is 7.12. The quantitative estimate of drug-likeness (QED) is 0.396. The summed E-state index contributed by atoms with van der Waals surface area (Å²) in [4.78, 5) is 0. The molecule has 0 aromatic heterocycles. The molecule has 0 heterocycles. The first-order valence-corrected chi connectivity index (χ1v) is 8.73. The van der Waals surface area contributed by atoms with Crippen LogP contribution in [-0.4, -0.2) is 26.4 Å². The van der Waals surface area contributed by atoms with Crippen LogP contribution in [0.2, 0.25) is 0 Å². The molecule has 2 heteroatoms. The zero-order valence-corrected chi connectivity index (χ0v) is 15.1. The highest BCUT2D eigenvalue weighted by atomic mass is 16.5. The van der Waals surface area contributed by atoms with E-state index in [-0.39, 0.29) is 5.41 Å². The largest absolute Gasteiger partial charge is 0.381 e. The van der Waals surface area contributed by atoms with Crippen molar-refractivity contribution in [2.75, 3.05) is 26.4 Å². The molecule has 0 aliphatic heterocycles. The van der Waals surface area contributed by atoms with Gasteiger partial charge in [-0.1, -0.05) is 53.5 Å². The van der Waals surface area contributed by atoms with Gasteiger partial charge in [0.1, 0.15) is 0 Å². The summed E-state index contributed by atoms with van der Waals surface area (Å²) in [6, 6.07) is 0. The van der Waals surface area contributed by atoms with Gasteiger partial charge in [0.05, 0.1) is 13.2 Å². The molecular weight excluding hydrogens is 260 g/mol. The summed E-state index contributed by atoms with van der Waals surface area (Å²) in [7, 11) is 0. The molecule has 0 fully saturated rings. The van der Waals surface area contributed by atoms with Crippen molar-refractivity contribution in [3.63, 3.8) is 0 Å². The van der Waals surface area contributed by atoms with E-state index in [9.17, 15) is 0 Å². The van der Waals surface area contributed by atoms with Gasteiger partial charge in [-0.3, -0.25) is 0 Å². The molecular formula is C19H38O2. The van der Waals surface area contributed by atoms with E-state index < -0.39 is 0 Å². The van der Waals surface area contributed by atoms with E-state index in [1.807, 2.05) is 6.08 Å². The molecule has 21 heavy (non-hydrogen) atoms. The Morgan fingerprint density at radius 2 is 1.38 bits per heavy atom. The summed E-state index contributed by atoms with van der Waals surface area (Å²) in [5.41, 5.74) is 0.0552. The summed E-state index contributed by atoms with van der Waals surface area (Å²) in [6.07, 6.45) is 7.86. The van der Waals surface area contributed by atoms with Gasteiger partial charge in [-0.25, -0.2) is 0 Å². The van der Waals surface area contributed by atoms with Gasteiger partial charge in [-0.2, -0.15) is 0 Å². The molecule has 0 radical (unpaired) electrons. The van der Waals surface area contributed by atoms with E-state index in [1.54, 1.807) is 0 Å². The van der Waals surface area contributed by atoms with Crippen molar-refractivity contribution >= 4 is 0 Å². The third-order valence-electron chi connectivity index (χ3n) is 3.91. The average Bonchev–Trinajstić information content (AvgIpc) is 2.39. The Morgan fingerprint density at radius 1 is 0.952 bits per heavy atom. The molecule has 0 saturated heterocycles. The molecule has 0 aromatic rings. The Balaban J connectivity index is 4.07. The summed E-state index contributed by atoms with van der Waals surface area (Å²) in [5, 5.41) is 0. The Bertz CT molecular complexity index is 232. The molecule has 0 aliphatic rings. The maximum Gasteiger partial charge on any atom is 0.0544 e.